The zero-order valence-electron chi connectivity index (χ0n) is 8.47. The molecule has 0 atom stereocenters. The van der Waals surface area contributed by atoms with Crippen LogP contribution in [0.3, 0.4) is 0 Å². The molecule has 3 heteroatoms. The van der Waals surface area contributed by atoms with E-state index in [4.69, 9.17) is 5.26 Å². The maximum atomic E-state index is 8.72. The van der Waals surface area contributed by atoms with Gasteiger partial charge in [-0.1, -0.05) is 12.1 Å². The molecule has 3 rings (SSSR count). The summed E-state index contributed by atoms with van der Waals surface area (Å²) in [7, 11) is 0. The molecule has 0 saturated heterocycles. The van der Waals surface area contributed by atoms with Crippen LogP contribution >= 0.6 is 11.3 Å². The first-order valence-electron chi connectivity index (χ1n) is 5.01. The van der Waals surface area contributed by atoms with Gasteiger partial charge < -0.3 is 0 Å². The topological polar surface area (TPSA) is 36.1 Å². The highest BCUT2D eigenvalue weighted by Gasteiger charge is 2.16. The fourth-order valence-electron chi connectivity index (χ4n) is 1.81. The Hall–Kier alpha value is -1.92. The number of hydrogen-bond donors (Lipinski definition) is 0. The number of rotatable bonds is 1. The molecule has 76 valence electrons. The summed E-state index contributed by atoms with van der Waals surface area (Å²) in [6.07, 6.45) is 0.907. The predicted molar refractivity (Wildman–Crippen MR) is 65.4 cm³/mol. The van der Waals surface area contributed by atoms with Gasteiger partial charge in [-0.05, 0) is 34.7 Å². The highest BCUT2D eigenvalue weighted by atomic mass is 32.1. The first-order valence-corrected chi connectivity index (χ1v) is 5.89. The lowest BCUT2D eigenvalue weighted by atomic mass is 10.0. The van der Waals surface area contributed by atoms with Crippen LogP contribution in [0.1, 0.15) is 16.7 Å². The standard InChI is InChI=1S/C13H8N2S/c14-8-9-1-3-10(4-2-9)12-7-11-5-6-16-13(11)15-12/h1-6H,7H2. The van der Waals surface area contributed by atoms with E-state index in [0.29, 0.717) is 5.56 Å². The summed E-state index contributed by atoms with van der Waals surface area (Å²) in [6.45, 7) is 0. The van der Waals surface area contributed by atoms with E-state index in [1.807, 2.05) is 24.3 Å². The predicted octanol–water partition coefficient (Wildman–Crippen LogP) is 3.30. The fraction of sp³-hybridized carbons (Fsp3) is 0.0769. The van der Waals surface area contributed by atoms with Crippen LogP contribution in [-0.2, 0) is 6.42 Å². The van der Waals surface area contributed by atoms with Crippen molar-refractivity contribution in [1.82, 2.24) is 0 Å². The molecular formula is C13H8N2S. The van der Waals surface area contributed by atoms with Gasteiger partial charge in [-0.2, -0.15) is 5.26 Å². The summed E-state index contributed by atoms with van der Waals surface area (Å²) in [5, 5.41) is 11.9. The third-order valence-corrected chi connectivity index (χ3v) is 3.51. The average Bonchev–Trinajstić information content (AvgIpc) is 2.89. The van der Waals surface area contributed by atoms with Crippen LogP contribution in [0.15, 0.2) is 40.7 Å². The minimum atomic E-state index is 0.692. The van der Waals surface area contributed by atoms with E-state index in [1.54, 1.807) is 11.3 Å². The average molecular weight is 224 g/mol. The van der Waals surface area contributed by atoms with Crippen molar-refractivity contribution in [2.24, 2.45) is 4.99 Å². The molecule has 0 bridgehead atoms. The number of hydrogen-bond acceptors (Lipinski definition) is 3. The molecule has 1 aliphatic rings. The molecule has 0 spiro atoms. The molecule has 0 aliphatic carbocycles. The van der Waals surface area contributed by atoms with E-state index < -0.39 is 0 Å². The number of nitrogens with zero attached hydrogens (tertiary/aromatic N) is 2. The molecule has 0 unspecified atom stereocenters. The summed E-state index contributed by atoms with van der Waals surface area (Å²) in [6, 6.07) is 11.9. The lowest BCUT2D eigenvalue weighted by molar-refractivity contribution is 1.41. The molecule has 1 aromatic heterocycles. The number of thiophene rings is 1. The van der Waals surface area contributed by atoms with Crippen molar-refractivity contribution in [3.05, 3.63) is 52.4 Å². The minimum absolute atomic E-state index is 0.692. The van der Waals surface area contributed by atoms with Gasteiger partial charge in [0, 0.05) is 6.42 Å². The Morgan fingerprint density at radius 3 is 2.69 bits per heavy atom. The van der Waals surface area contributed by atoms with Crippen LogP contribution in [0.5, 0.6) is 0 Å². The minimum Gasteiger partial charge on any atom is -0.241 e. The molecule has 0 fully saturated rings. The quantitative estimate of drug-likeness (QED) is 0.732. The summed E-state index contributed by atoms with van der Waals surface area (Å²) >= 11 is 1.68. The van der Waals surface area contributed by atoms with E-state index in [2.05, 4.69) is 22.5 Å². The Kier molecular flexibility index (Phi) is 2.09. The monoisotopic (exact) mass is 224 g/mol. The second kappa shape index (κ2) is 3.58. The van der Waals surface area contributed by atoms with E-state index in [-0.39, 0.29) is 0 Å². The summed E-state index contributed by atoms with van der Waals surface area (Å²) in [5.74, 6) is 0. The maximum absolute atomic E-state index is 8.72. The highest BCUT2D eigenvalue weighted by Crippen LogP contribution is 2.33. The first kappa shape index (κ1) is 9.32. The van der Waals surface area contributed by atoms with Crippen LogP contribution < -0.4 is 0 Å². The smallest absolute Gasteiger partial charge is 0.119 e. The van der Waals surface area contributed by atoms with E-state index in [9.17, 15) is 0 Å². The van der Waals surface area contributed by atoms with Gasteiger partial charge in [0.1, 0.15) is 5.00 Å². The van der Waals surface area contributed by atoms with Gasteiger partial charge in [0.2, 0.25) is 0 Å². The Labute approximate surface area is 97.5 Å². The zero-order chi connectivity index (χ0) is 11.0. The van der Waals surface area contributed by atoms with Crippen molar-refractivity contribution < 1.29 is 0 Å². The van der Waals surface area contributed by atoms with E-state index in [0.717, 1.165) is 22.7 Å². The molecule has 2 nitrogen and oxygen atoms in total. The van der Waals surface area contributed by atoms with Crippen LogP contribution in [-0.4, -0.2) is 5.71 Å². The van der Waals surface area contributed by atoms with Gasteiger partial charge in [-0.3, -0.25) is 0 Å². The first-order chi connectivity index (χ1) is 7.86. The van der Waals surface area contributed by atoms with Gasteiger partial charge in [-0.15, -0.1) is 11.3 Å². The Balaban J connectivity index is 1.95. The Morgan fingerprint density at radius 1 is 1.19 bits per heavy atom. The van der Waals surface area contributed by atoms with Crippen molar-refractivity contribution in [3.8, 4) is 6.07 Å². The van der Waals surface area contributed by atoms with Crippen molar-refractivity contribution in [1.29, 1.82) is 5.26 Å². The molecule has 1 aliphatic heterocycles. The largest absolute Gasteiger partial charge is 0.241 e. The molecular weight excluding hydrogens is 216 g/mol. The third kappa shape index (κ3) is 1.44. The summed E-state index contributed by atoms with van der Waals surface area (Å²) in [4.78, 5) is 4.59. The number of benzene rings is 1. The highest BCUT2D eigenvalue weighted by molar-refractivity contribution is 7.14. The molecule has 2 aromatic rings. The van der Waals surface area contributed by atoms with Crippen molar-refractivity contribution in [3.63, 3.8) is 0 Å². The van der Waals surface area contributed by atoms with Crippen molar-refractivity contribution >= 4 is 22.0 Å². The summed E-state index contributed by atoms with van der Waals surface area (Å²) < 4.78 is 0. The van der Waals surface area contributed by atoms with Gasteiger partial charge >= 0.3 is 0 Å². The lowest BCUT2D eigenvalue weighted by Gasteiger charge is -1.99. The van der Waals surface area contributed by atoms with Crippen LogP contribution in [0.4, 0.5) is 5.00 Å². The fourth-order valence-corrected chi connectivity index (χ4v) is 2.62. The van der Waals surface area contributed by atoms with E-state index >= 15 is 0 Å². The SMILES string of the molecule is N#Cc1ccc(C2=Nc3sccc3C2)cc1. The molecule has 0 radical (unpaired) electrons. The molecule has 0 saturated carbocycles. The number of aliphatic imine (C=N–C) groups is 1. The van der Waals surface area contributed by atoms with Crippen LogP contribution in [0, 0.1) is 11.3 Å². The molecule has 0 amide bonds. The zero-order valence-corrected chi connectivity index (χ0v) is 9.29. The Bertz CT molecular complexity index is 600. The lowest BCUT2D eigenvalue weighted by Crippen LogP contribution is -1.99. The van der Waals surface area contributed by atoms with Crippen molar-refractivity contribution in [2.45, 2.75) is 6.42 Å². The summed E-state index contributed by atoms with van der Waals surface area (Å²) in [5.41, 5.74) is 4.22. The normalized spacial score (nSPS) is 13.1. The van der Waals surface area contributed by atoms with Gasteiger partial charge in [0.25, 0.3) is 0 Å². The van der Waals surface area contributed by atoms with E-state index in [1.165, 1.54) is 5.56 Å². The van der Waals surface area contributed by atoms with Crippen molar-refractivity contribution in [2.75, 3.05) is 0 Å². The van der Waals surface area contributed by atoms with Gasteiger partial charge in [0.15, 0.2) is 0 Å². The second-order valence-corrected chi connectivity index (χ2v) is 4.57. The van der Waals surface area contributed by atoms with Gasteiger partial charge in [0.05, 0.1) is 17.3 Å². The molecule has 1 aromatic carbocycles. The second-order valence-electron chi connectivity index (χ2n) is 3.68. The molecule has 2 heterocycles. The number of nitriles is 1. The van der Waals surface area contributed by atoms with Crippen LogP contribution in [0.2, 0.25) is 0 Å². The van der Waals surface area contributed by atoms with Gasteiger partial charge in [-0.25, -0.2) is 4.99 Å². The third-order valence-electron chi connectivity index (χ3n) is 2.67. The van der Waals surface area contributed by atoms with Crippen LogP contribution in [0.25, 0.3) is 0 Å². The molecule has 0 N–H and O–H groups in total. The molecule has 16 heavy (non-hydrogen) atoms. The maximum Gasteiger partial charge on any atom is 0.119 e. The number of fused-ring (bicyclic) bond motifs is 1. The Morgan fingerprint density at radius 2 is 2.00 bits per heavy atom.